The normalized spacial score (nSPS) is 18.2. The van der Waals surface area contributed by atoms with E-state index in [2.05, 4.69) is 10.6 Å². The molecule has 3 rings (SSSR count). The number of amides is 1. The van der Waals surface area contributed by atoms with Crippen molar-refractivity contribution in [2.45, 2.75) is 25.0 Å². The summed E-state index contributed by atoms with van der Waals surface area (Å²) in [4.78, 5) is 12.5. The molecule has 1 aliphatic heterocycles. The SMILES string of the molecule is Cl.Cl.NCCc1ccc(Oc2ccc(F)c(C(=O)N[C@@H]3CCNC[C@H]3O)c2)cc1. The highest BCUT2D eigenvalue weighted by molar-refractivity contribution is 5.95. The van der Waals surface area contributed by atoms with Crippen LogP contribution in [0.5, 0.6) is 11.5 Å². The average molecular weight is 446 g/mol. The Hall–Kier alpha value is -1.90. The van der Waals surface area contributed by atoms with Crippen LogP contribution in [0.25, 0.3) is 0 Å². The van der Waals surface area contributed by atoms with Crippen molar-refractivity contribution in [3.63, 3.8) is 0 Å². The Balaban J connectivity index is 0.00000210. The maximum absolute atomic E-state index is 14.1. The van der Waals surface area contributed by atoms with Crippen LogP contribution < -0.4 is 21.1 Å². The number of aliphatic hydroxyl groups excluding tert-OH is 1. The molecular weight excluding hydrogens is 420 g/mol. The van der Waals surface area contributed by atoms with Crippen LogP contribution in [-0.4, -0.2) is 42.8 Å². The lowest BCUT2D eigenvalue weighted by atomic mass is 10.0. The molecule has 29 heavy (non-hydrogen) atoms. The van der Waals surface area contributed by atoms with Gasteiger partial charge in [-0.25, -0.2) is 4.39 Å². The van der Waals surface area contributed by atoms with Gasteiger partial charge in [-0.15, -0.1) is 24.8 Å². The van der Waals surface area contributed by atoms with E-state index in [9.17, 15) is 14.3 Å². The molecule has 1 heterocycles. The molecule has 0 unspecified atom stereocenters. The van der Waals surface area contributed by atoms with E-state index < -0.39 is 23.9 Å². The van der Waals surface area contributed by atoms with Gasteiger partial charge in [-0.1, -0.05) is 12.1 Å². The number of nitrogens with two attached hydrogens (primary N) is 1. The van der Waals surface area contributed by atoms with Crippen LogP contribution in [-0.2, 0) is 6.42 Å². The number of rotatable bonds is 6. The van der Waals surface area contributed by atoms with Crippen LogP contribution in [0.2, 0.25) is 0 Å². The van der Waals surface area contributed by atoms with Gasteiger partial charge in [0.1, 0.15) is 17.3 Å². The summed E-state index contributed by atoms with van der Waals surface area (Å²) >= 11 is 0. The van der Waals surface area contributed by atoms with Crippen LogP contribution in [0.15, 0.2) is 42.5 Å². The van der Waals surface area contributed by atoms with Gasteiger partial charge in [-0.05, 0) is 61.8 Å². The van der Waals surface area contributed by atoms with Crippen molar-refractivity contribution < 1.29 is 19.0 Å². The summed E-state index contributed by atoms with van der Waals surface area (Å²) in [5.41, 5.74) is 6.52. The minimum Gasteiger partial charge on any atom is -0.457 e. The third kappa shape index (κ3) is 6.83. The fourth-order valence-corrected chi connectivity index (χ4v) is 3.03. The molecule has 1 saturated heterocycles. The topological polar surface area (TPSA) is 96.6 Å². The van der Waals surface area contributed by atoms with Gasteiger partial charge in [0.05, 0.1) is 17.7 Å². The third-order valence-corrected chi connectivity index (χ3v) is 4.54. The summed E-state index contributed by atoms with van der Waals surface area (Å²) in [6, 6.07) is 11.1. The van der Waals surface area contributed by atoms with Gasteiger partial charge in [0.15, 0.2) is 0 Å². The van der Waals surface area contributed by atoms with Gasteiger partial charge >= 0.3 is 0 Å². The fraction of sp³-hybridized carbons (Fsp3) is 0.350. The molecule has 6 nitrogen and oxygen atoms in total. The Bertz CT molecular complexity index is 793. The number of nitrogens with one attached hydrogen (secondary N) is 2. The van der Waals surface area contributed by atoms with Gasteiger partial charge in [0, 0.05) is 6.54 Å². The van der Waals surface area contributed by atoms with E-state index in [-0.39, 0.29) is 30.4 Å². The number of carbonyl (C=O) groups is 1. The van der Waals surface area contributed by atoms with Crippen LogP contribution in [0.4, 0.5) is 4.39 Å². The molecule has 5 N–H and O–H groups in total. The van der Waals surface area contributed by atoms with Crippen molar-refractivity contribution >= 4 is 30.7 Å². The number of hydrogen-bond acceptors (Lipinski definition) is 5. The van der Waals surface area contributed by atoms with Crippen molar-refractivity contribution in [3.8, 4) is 11.5 Å². The molecule has 0 saturated carbocycles. The number of β-amino-alcohol motifs (C(OH)–C–C–N with tert-alkyl or cyclic N) is 1. The first-order valence-corrected chi connectivity index (χ1v) is 9.03. The van der Waals surface area contributed by atoms with Gasteiger partial charge < -0.3 is 26.2 Å². The molecule has 160 valence electrons. The summed E-state index contributed by atoms with van der Waals surface area (Å²) < 4.78 is 19.9. The molecule has 1 amide bonds. The van der Waals surface area contributed by atoms with E-state index in [4.69, 9.17) is 10.5 Å². The summed E-state index contributed by atoms with van der Waals surface area (Å²) in [5, 5.41) is 15.7. The highest BCUT2D eigenvalue weighted by Crippen LogP contribution is 2.24. The largest absolute Gasteiger partial charge is 0.457 e. The second-order valence-corrected chi connectivity index (χ2v) is 6.57. The number of halogens is 3. The minimum absolute atomic E-state index is 0. The van der Waals surface area contributed by atoms with E-state index in [1.807, 2.05) is 12.1 Å². The van der Waals surface area contributed by atoms with E-state index in [0.29, 0.717) is 37.6 Å². The molecule has 0 aromatic heterocycles. The van der Waals surface area contributed by atoms with Gasteiger partial charge in [0.2, 0.25) is 0 Å². The van der Waals surface area contributed by atoms with Crippen molar-refractivity contribution in [1.29, 1.82) is 0 Å². The molecule has 0 spiro atoms. The zero-order valence-electron chi connectivity index (χ0n) is 15.8. The predicted octanol–water partition coefficient (Wildman–Crippen LogP) is 2.42. The molecule has 0 radical (unpaired) electrons. The van der Waals surface area contributed by atoms with E-state index in [1.165, 1.54) is 18.2 Å². The number of carbonyl (C=O) groups excluding carboxylic acids is 1. The van der Waals surface area contributed by atoms with E-state index in [1.54, 1.807) is 12.1 Å². The lowest BCUT2D eigenvalue weighted by molar-refractivity contribution is 0.0762. The Morgan fingerprint density at radius 2 is 1.90 bits per heavy atom. The lowest BCUT2D eigenvalue weighted by Crippen LogP contribution is -2.52. The maximum Gasteiger partial charge on any atom is 0.254 e. The van der Waals surface area contributed by atoms with Gasteiger partial charge in [0.25, 0.3) is 5.91 Å². The summed E-state index contributed by atoms with van der Waals surface area (Å²) in [5.74, 6) is -0.259. The van der Waals surface area contributed by atoms with Gasteiger partial charge in [-0.2, -0.15) is 0 Å². The molecule has 2 aromatic carbocycles. The average Bonchev–Trinajstić information content (AvgIpc) is 2.67. The van der Waals surface area contributed by atoms with Crippen molar-refractivity contribution in [3.05, 3.63) is 59.4 Å². The monoisotopic (exact) mass is 445 g/mol. The molecule has 0 aliphatic carbocycles. The zero-order valence-corrected chi connectivity index (χ0v) is 17.4. The molecule has 2 aromatic rings. The molecule has 9 heteroatoms. The molecule has 0 bridgehead atoms. The van der Waals surface area contributed by atoms with Crippen LogP contribution >= 0.6 is 24.8 Å². The smallest absolute Gasteiger partial charge is 0.254 e. The number of aliphatic hydroxyl groups is 1. The van der Waals surface area contributed by atoms with Gasteiger partial charge in [-0.3, -0.25) is 4.79 Å². The van der Waals surface area contributed by atoms with Crippen LogP contribution in [0.3, 0.4) is 0 Å². The summed E-state index contributed by atoms with van der Waals surface area (Å²) in [7, 11) is 0. The summed E-state index contributed by atoms with van der Waals surface area (Å²) in [6.07, 6.45) is 0.668. The molecular formula is C20H26Cl2FN3O3. The fourth-order valence-electron chi connectivity index (χ4n) is 3.03. The zero-order chi connectivity index (χ0) is 19.2. The van der Waals surface area contributed by atoms with E-state index >= 15 is 0 Å². The number of piperidine rings is 1. The number of ether oxygens (including phenoxy) is 1. The Morgan fingerprint density at radius 3 is 2.55 bits per heavy atom. The minimum atomic E-state index is -0.697. The first-order chi connectivity index (χ1) is 13.1. The maximum atomic E-state index is 14.1. The first-order valence-electron chi connectivity index (χ1n) is 9.03. The number of hydrogen-bond donors (Lipinski definition) is 4. The number of benzene rings is 2. The Morgan fingerprint density at radius 1 is 1.21 bits per heavy atom. The molecule has 1 fully saturated rings. The summed E-state index contributed by atoms with van der Waals surface area (Å²) in [6.45, 7) is 1.66. The second-order valence-electron chi connectivity index (χ2n) is 6.57. The third-order valence-electron chi connectivity index (χ3n) is 4.54. The molecule has 1 aliphatic rings. The van der Waals surface area contributed by atoms with Crippen molar-refractivity contribution in [2.75, 3.05) is 19.6 Å². The highest BCUT2D eigenvalue weighted by Gasteiger charge is 2.25. The van der Waals surface area contributed by atoms with Crippen LogP contribution in [0.1, 0.15) is 22.3 Å². The quantitative estimate of drug-likeness (QED) is 0.547. The van der Waals surface area contributed by atoms with Crippen LogP contribution in [0, 0.1) is 5.82 Å². The second kappa shape index (κ2) is 11.9. The van der Waals surface area contributed by atoms with Crippen molar-refractivity contribution in [1.82, 2.24) is 10.6 Å². The first kappa shape index (κ1) is 25.1. The Labute approximate surface area is 181 Å². The Kier molecular flexibility index (Phi) is 10.4. The molecule has 2 atom stereocenters. The standard InChI is InChI=1S/C20H24FN3O3.2ClH/c21-17-6-5-15(27-14-3-1-13(2-4-14)7-9-22)11-16(17)20(26)24-18-8-10-23-12-19(18)25;;/h1-6,11,18-19,23,25H,7-10,12,22H2,(H,24,26);2*1H/t18-,19-;;/m1../s1. The highest BCUT2D eigenvalue weighted by atomic mass is 35.5. The van der Waals surface area contributed by atoms with E-state index in [0.717, 1.165) is 12.0 Å². The lowest BCUT2D eigenvalue weighted by Gasteiger charge is -2.29. The predicted molar refractivity (Wildman–Crippen MR) is 115 cm³/mol. The van der Waals surface area contributed by atoms with Crippen molar-refractivity contribution in [2.24, 2.45) is 5.73 Å².